The molecule has 106 valence electrons. The third-order valence-corrected chi connectivity index (χ3v) is 2.74. The minimum Gasteiger partial charge on any atom is -0.444 e. The summed E-state index contributed by atoms with van der Waals surface area (Å²) >= 11 is 0. The highest BCUT2D eigenvalue weighted by molar-refractivity contribution is 5.68. The molecule has 1 aliphatic rings. The molecule has 18 heavy (non-hydrogen) atoms. The Morgan fingerprint density at radius 1 is 1.33 bits per heavy atom. The van der Waals surface area contributed by atoms with Gasteiger partial charge in [-0.15, -0.1) is 0 Å². The molecule has 1 amide bonds. The Labute approximate surface area is 104 Å². The number of nitrogens with zero attached hydrogens (tertiary/aromatic N) is 1. The van der Waals surface area contributed by atoms with Crippen LogP contribution < -0.4 is 5.73 Å². The van der Waals surface area contributed by atoms with Gasteiger partial charge in [-0.05, 0) is 27.2 Å². The predicted octanol–water partition coefficient (Wildman–Crippen LogP) is 2.13. The maximum Gasteiger partial charge on any atom is 0.410 e. The molecule has 0 aliphatic carbocycles. The molecule has 1 rings (SSSR count). The smallest absolute Gasteiger partial charge is 0.410 e. The topological polar surface area (TPSA) is 55.6 Å². The Balaban J connectivity index is 2.68. The predicted molar refractivity (Wildman–Crippen MR) is 59.9 cm³/mol. The van der Waals surface area contributed by atoms with Crippen molar-refractivity contribution in [1.82, 2.24) is 4.90 Å². The number of hydrogen-bond donors (Lipinski definition) is 1. The summed E-state index contributed by atoms with van der Waals surface area (Å²) in [4.78, 5) is 12.8. The third-order valence-electron chi connectivity index (χ3n) is 2.74. The Morgan fingerprint density at radius 3 is 2.33 bits per heavy atom. The number of carbonyl (C=O) groups is 1. The minimum atomic E-state index is -4.39. The molecule has 0 aromatic carbocycles. The summed E-state index contributed by atoms with van der Waals surface area (Å²) in [5.74, 6) is -1.68. The summed E-state index contributed by atoms with van der Waals surface area (Å²) in [6.07, 6.45) is -4.98. The van der Waals surface area contributed by atoms with E-state index in [-0.39, 0.29) is 13.0 Å². The van der Waals surface area contributed by atoms with Gasteiger partial charge in [0.2, 0.25) is 0 Å². The number of carbonyl (C=O) groups excluding carboxylic acids is 1. The highest BCUT2D eigenvalue weighted by atomic mass is 19.4. The second-order valence-corrected chi connectivity index (χ2v) is 5.53. The van der Waals surface area contributed by atoms with Crippen molar-refractivity contribution in [2.75, 3.05) is 13.1 Å². The van der Waals surface area contributed by atoms with Gasteiger partial charge in [-0.3, -0.25) is 0 Å². The Bertz CT molecular complexity index is 312. The number of rotatable bonds is 0. The van der Waals surface area contributed by atoms with Crippen LogP contribution in [0.5, 0.6) is 0 Å². The number of ether oxygens (including phenoxy) is 1. The van der Waals surface area contributed by atoms with E-state index in [0.29, 0.717) is 0 Å². The normalized spacial score (nSPS) is 26.1. The molecule has 7 heteroatoms. The molecule has 2 N–H and O–H groups in total. The van der Waals surface area contributed by atoms with Crippen molar-refractivity contribution < 1.29 is 22.7 Å². The van der Waals surface area contributed by atoms with Crippen LogP contribution in [0.1, 0.15) is 27.2 Å². The molecule has 0 spiro atoms. The fraction of sp³-hybridized carbons (Fsp3) is 0.909. The lowest BCUT2D eigenvalue weighted by Crippen LogP contribution is -2.54. The monoisotopic (exact) mass is 268 g/mol. The first-order valence-corrected chi connectivity index (χ1v) is 5.81. The summed E-state index contributed by atoms with van der Waals surface area (Å²) in [6.45, 7) is 4.77. The maximum atomic E-state index is 12.7. The summed E-state index contributed by atoms with van der Waals surface area (Å²) in [7, 11) is 0. The number of hydrogen-bond acceptors (Lipinski definition) is 3. The van der Waals surface area contributed by atoms with E-state index >= 15 is 0 Å². The van der Waals surface area contributed by atoms with Crippen molar-refractivity contribution in [3.8, 4) is 0 Å². The third kappa shape index (κ3) is 4.04. The van der Waals surface area contributed by atoms with Gasteiger partial charge in [-0.1, -0.05) is 0 Å². The van der Waals surface area contributed by atoms with Crippen LogP contribution in [0.25, 0.3) is 0 Å². The zero-order valence-electron chi connectivity index (χ0n) is 10.8. The van der Waals surface area contributed by atoms with Crippen LogP contribution in [0.3, 0.4) is 0 Å². The van der Waals surface area contributed by atoms with E-state index < -0.39 is 36.4 Å². The van der Waals surface area contributed by atoms with Crippen LogP contribution in [0, 0.1) is 5.92 Å². The Hall–Kier alpha value is -0.980. The van der Waals surface area contributed by atoms with Crippen LogP contribution >= 0.6 is 0 Å². The van der Waals surface area contributed by atoms with Crippen molar-refractivity contribution in [3.05, 3.63) is 0 Å². The van der Waals surface area contributed by atoms with Crippen LogP contribution in [0.4, 0.5) is 18.0 Å². The van der Waals surface area contributed by atoms with E-state index in [1.165, 1.54) is 0 Å². The highest BCUT2D eigenvalue weighted by Crippen LogP contribution is 2.33. The van der Waals surface area contributed by atoms with E-state index in [9.17, 15) is 18.0 Å². The molecular formula is C11H19F3N2O2. The van der Waals surface area contributed by atoms with Gasteiger partial charge in [-0.2, -0.15) is 13.2 Å². The molecule has 0 saturated carbocycles. The van der Waals surface area contributed by atoms with Gasteiger partial charge in [-0.25, -0.2) is 4.79 Å². The lowest BCUT2D eigenvalue weighted by molar-refractivity contribution is -0.189. The SMILES string of the molecule is CC(C)(C)OC(=O)N1CC[C@@H](N)[C@@H](C(F)(F)F)C1. The van der Waals surface area contributed by atoms with E-state index in [1.807, 2.05) is 0 Å². The molecule has 0 aromatic heterocycles. The van der Waals surface area contributed by atoms with Gasteiger partial charge in [0.15, 0.2) is 0 Å². The van der Waals surface area contributed by atoms with Crippen LogP contribution in [-0.2, 0) is 4.74 Å². The van der Waals surface area contributed by atoms with Gasteiger partial charge >= 0.3 is 12.3 Å². The molecule has 1 fully saturated rings. The Kier molecular flexibility index (Phi) is 4.15. The second-order valence-electron chi connectivity index (χ2n) is 5.53. The molecular weight excluding hydrogens is 249 g/mol. The van der Waals surface area contributed by atoms with E-state index in [2.05, 4.69) is 0 Å². The van der Waals surface area contributed by atoms with Gasteiger partial charge in [0, 0.05) is 19.1 Å². The summed E-state index contributed by atoms with van der Waals surface area (Å²) < 4.78 is 43.2. The zero-order valence-corrected chi connectivity index (χ0v) is 10.8. The van der Waals surface area contributed by atoms with Crippen molar-refractivity contribution in [3.63, 3.8) is 0 Å². The molecule has 2 atom stereocenters. The summed E-state index contributed by atoms with van der Waals surface area (Å²) in [6, 6.07) is -0.955. The molecule has 4 nitrogen and oxygen atoms in total. The molecule has 0 aromatic rings. The van der Waals surface area contributed by atoms with Gasteiger partial charge < -0.3 is 15.4 Å². The number of amides is 1. The molecule has 0 bridgehead atoms. The van der Waals surface area contributed by atoms with Crippen LogP contribution in [-0.4, -0.2) is 41.9 Å². The largest absolute Gasteiger partial charge is 0.444 e. The van der Waals surface area contributed by atoms with Crippen LogP contribution in [0.15, 0.2) is 0 Å². The zero-order chi connectivity index (χ0) is 14.1. The van der Waals surface area contributed by atoms with Crippen molar-refractivity contribution in [2.45, 2.75) is 45.0 Å². The summed E-state index contributed by atoms with van der Waals surface area (Å²) in [5.41, 5.74) is 4.74. The lowest BCUT2D eigenvalue weighted by atomic mass is 9.92. The molecule has 1 saturated heterocycles. The molecule has 0 unspecified atom stereocenters. The van der Waals surface area contributed by atoms with Gasteiger partial charge in [0.1, 0.15) is 5.60 Å². The van der Waals surface area contributed by atoms with Gasteiger partial charge in [0.05, 0.1) is 5.92 Å². The number of piperidine rings is 1. The highest BCUT2D eigenvalue weighted by Gasteiger charge is 2.47. The van der Waals surface area contributed by atoms with E-state index in [0.717, 1.165) is 4.90 Å². The second kappa shape index (κ2) is 4.95. The van der Waals surface area contributed by atoms with Crippen LogP contribution in [0.2, 0.25) is 0 Å². The Morgan fingerprint density at radius 2 is 1.89 bits per heavy atom. The first-order valence-electron chi connectivity index (χ1n) is 5.81. The summed E-state index contributed by atoms with van der Waals surface area (Å²) in [5, 5.41) is 0. The standard InChI is InChI=1S/C11H19F3N2O2/c1-10(2,3)18-9(17)16-5-4-8(15)7(6-16)11(12,13)14/h7-8H,4-6,15H2,1-3H3/t7-,8+/m0/s1. The first-order chi connectivity index (χ1) is 8.00. The number of likely N-dealkylation sites (tertiary alicyclic amines) is 1. The maximum absolute atomic E-state index is 12.7. The fourth-order valence-electron chi connectivity index (χ4n) is 1.81. The number of halogens is 3. The minimum absolute atomic E-state index is 0.128. The molecule has 0 radical (unpaired) electrons. The van der Waals surface area contributed by atoms with Crippen molar-refractivity contribution >= 4 is 6.09 Å². The van der Waals surface area contributed by atoms with Crippen molar-refractivity contribution in [2.24, 2.45) is 11.7 Å². The number of alkyl halides is 3. The molecule has 1 heterocycles. The van der Waals surface area contributed by atoms with Gasteiger partial charge in [0.25, 0.3) is 0 Å². The average molecular weight is 268 g/mol. The first kappa shape index (κ1) is 15.1. The van der Waals surface area contributed by atoms with Crippen molar-refractivity contribution in [1.29, 1.82) is 0 Å². The quantitative estimate of drug-likeness (QED) is 0.732. The average Bonchev–Trinajstić information content (AvgIpc) is 2.13. The fourth-order valence-corrected chi connectivity index (χ4v) is 1.81. The van der Waals surface area contributed by atoms with E-state index in [1.54, 1.807) is 20.8 Å². The van der Waals surface area contributed by atoms with E-state index in [4.69, 9.17) is 10.5 Å². The molecule has 1 aliphatic heterocycles. The number of nitrogens with two attached hydrogens (primary N) is 1. The lowest BCUT2D eigenvalue weighted by Gasteiger charge is -2.38.